The van der Waals surface area contributed by atoms with Crippen LogP contribution < -0.4 is 15.2 Å². The summed E-state index contributed by atoms with van der Waals surface area (Å²) in [6.45, 7) is 0. The molecule has 2 N–H and O–H groups in total. The van der Waals surface area contributed by atoms with Gasteiger partial charge in [0.2, 0.25) is 0 Å². The van der Waals surface area contributed by atoms with Crippen molar-refractivity contribution in [2.45, 2.75) is 31.8 Å². The largest absolute Gasteiger partial charge is 0.497 e. The van der Waals surface area contributed by atoms with Crippen LogP contribution in [-0.4, -0.2) is 18.2 Å². The highest BCUT2D eigenvalue weighted by molar-refractivity contribution is 7.80. The fraction of sp³-hybridized carbons (Fsp3) is 0.462. The first-order chi connectivity index (χ1) is 8.20. The van der Waals surface area contributed by atoms with Crippen LogP contribution in [0.5, 0.6) is 11.5 Å². The summed E-state index contributed by atoms with van der Waals surface area (Å²) in [5.41, 5.74) is 6.48. The van der Waals surface area contributed by atoms with E-state index in [1.54, 1.807) is 7.11 Å². The fourth-order valence-electron chi connectivity index (χ4n) is 2.12. The fourth-order valence-corrected chi connectivity index (χ4v) is 2.29. The standard InChI is InChI=1S/C13H17NO2S/c1-15-10-6-7-11(13(14)17)12(8-10)16-9-4-2-3-5-9/h6-9H,2-5H2,1H3,(H2,14,17). The summed E-state index contributed by atoms with van der Waals surface area (Å²) in [7, 11) is 1.63. The Bertz CT molecular complexity index is 414. The van der Waals surface area contributed by atoms with Crippen LogP contribution in [0.1, 0.15) is 31.2 Å². The van der Waals surface area contributed by atoms with Crippen molar-refractivity contribution in [1.29, 1.82) is 0 Å². The highest BCUT2D eigenvalue weighted by Crippen LogP contribution is 2.29. The number of benzene rings is 1. The molecule has 17 heavy (non-hydrogen) atoms. The minimum absolute atomic E-state index is 0.287. The lowest BCUT2D eigenvalue weighted by Crippen LogP contribution is -2.16. The van der Waals surface area contributed by atoms with E-state index in [0.29, 0.717) is 4.99 Å². The van der Waals surface area contributed by atoms with Gasteiger partial charge in [0, 0.05) is 6.07 Å². The zero-order chi connectivity index (χ0) is 12.3. The van der Waals surface area contributed by atoms with Crippen molar-refractivity contribution >= 4 is 17.2 Å². The van der Waals surface area contributed by atoms with Crippen molar-refractivity contribution < 1.29 is 9.47 Å². The van der Waals surface area contributed by atoms with Gasteiger partial charge in [-0.15, -0.1) is 0 Å². The van der Waals surface area contributed by atoms with Crippen LogP contribution >= 0.6 is 12.2 Å². The van der Waals surface area contributed by atoms with Crippen molar-refractivity contribution in [2.24, 2.45) is 5.73 Å². The summed E-state index contributed by atoms with van der Waals surface area (Å²) >= 11 is 5.03. The van der Waals surface area contributed by atoms with Crippen molar-refractivity contribution in [1.82, 2.24) is 0 Å². The molecule has 0 radical (unpaired) electrons. The summed E-state index contributed by atoms with van der Waals surface area (Å²) in [6, 6.07) is 5.55. The van der Waals surface area contributed by atoms with Crippen LogP contribution in [0.3, 0.4) is 0 Å². The Morgan fingerprint density at radius 1 is 1.35 bits per heavy atom. The Hall–Kier alpha value is -1.29. The van der Waals surface area contributed by atoms with Gasteiger partial charge in [-0.3, -0.25) is 0 Å². The molecule has 0 spiro atoms. The van der Waals surface area contributed by atoms with E-state index in [2.05, 4.69) is 0 Å². The van der Waals surface area contributed by atoms with Gasteiger partial charge in [-0.05, 0) is 37.8 Å². The molecule has 0 saturated heterocycles. The molecule has 0 unspecified atom stereocenters. The average molecular weight is 251 g/mol. The molecule has 1 aliphatic rings. The number of methoxy groups -OCH3 is 1. The Balaban J connectivity index is 2.24. The maximum absolute atomic E-state index is 5.96. The van der Waals surface area contributed by atoms with Crippen molar-refractivity contribution in [2.75, 3.05) is 7.11 Å². The molecule has 0 aromatic heterocycles. The van der Waals surface area contributed by atoms with E-state index in [0.717, 1.165) is 29.9 Å². The SMILES string of the molecule is COc1ccc(C(N)=S)c(OC2CCCC2)c1. The maximum Gasteiger partial charge on any atom is 0.133 e. The minimum Gasteiger partial charge on any atom is -0.497 e. The van der Waals surface area contributed by atoms with E-state index < -0.39 is 0 Å². The quantitative estimate of drug-likeness (QED) is 0.836. The Labute approximate surface area is 107 Å². The molecular weight excluding hydrogens is 234 g/mol. The van der Waals surface area contributed by atoms with Crippen LogP contribution in [0.2, 0.25) is 0 Å². The van der Waals surface area contributed by atoms with Crippen LogP contribution in [-0.2, 0) is 0 Å². The van der Waals surface area contributed by atoms with Crippen molar-refractivity contribution in [3.63, 3.8) is 0 Å². The molecule has 0 heterocycles. The molecule has 92 valence electrons. The summed E-state index contributed by atoms with van der Waals surface area (Å²) in [4.78, 5) is 0.362. The second-order valence-corrected chi connectivity index (χ2v) is 4.69. The summed E-state index contributed by atoms with van der Waals surface area (Å²) in [6.07, 6.45) is 4.96. The molecule has 0 atom stereocenters. The van der Waals surface area contributed by atoms with Gasteiger partial charge >= 0.3 is 0 Å². The molecule has 3 nitrogen and oxygen atoms in total. The zero-order valence-corrected chi connectivity index (χ0v) is 10.8. The number of thiocarbonyl (C=S) groups is 1. The molecular formula is C13H17NO2S. The Morgan fingerprint density at radius 3 is 2.65 bits per heavy atom. The average Bonchev–Trinajstić information content (AvgIpc) is 2.81. The predicted octanol–water partition coefficient (Wildman–Crippen LogP) is 2.65. The van der Waals surface area contributed by atoms with Crippen LogP contribution in [0.4, 0.5) is 0 Å². The predicted molar refractivity (Wildman–Crippen MR) is 71.8 cm³/mol. The monoisotopic (exact) mass is 251 g/mol. The first kappa shape index (κ1) is 12.2. The normalized spacial score (nSPS) is 15.8. The van der Waals surface area contributed by atoms with Crippen LogP contribution in [0.15, 0.2) is 18.2 Å². The number of nitrogens with two attached hydrogens (primary N) is 1. The van der Waals surface area contributed by atoms with Crippen molar-refractivity contribution in [3.8, 4) is 11.5 Å². The first-order valence-electron chi connectivity index (χ1n) is 5.85. The van der Waals surface area contributed by atoms with Gasteiger partial charge in [0.05, 0.1) is 18.8 Å². The third-order valence-corrected chi connectivity index (χ3v) is 3.27. The highest BCUT2D eigenvalue weighted by atomic mass is 32.1. The number of hydrogen-bond donors (Lipinski definition) is 1. The van der Waals surface area contributed by atoms with E-state index in [9.17, 15) is 0 Å². The summed E-state index contributed by atoms with van der Waals surface area (Å²) in [5, 5.41) is 0. The van der Waals surface area contributed by atoms with Crippen molar-refractivity contribution in [3.05, 3.63) is 23.8 Å². The first-order valence-corrected chi connectivity index (χ1v) is 6.26. The molecule has 0 amide bonds. The van der Waals surface area contributed by atoms with E-state index in [1.165, 1.54) is 12.8 Å². The molecule has 0 aliphatic heterocycles. The van der Waals surface area contributed by atoms with Gasteiger partial charge < -0.3 is 15.2 Å². The van der Waals surface area contributed by atoms with E-state index in [1.807, 2.05) is 18.2 Å². The maximum atomic E-state index is 5.96. The Morgan fingerprint density at radius 2 is 2.06 bits per heavy atom. The molecule has 2 rings (SSSR count). The summed E-state index contributed by atoms with van der Waals surface area (Å²) in [5.74, 6) is 1.50. The van der Waals surface area contributed by atoms with Gasteiger partial charge in [-0.2, -0.15) is 0 Å². The van der Waals surface area contributed by atoms with E-state index in [-0.39, 0.29) is 6.10 Å². The van der Waals surface area contributed by atoms with Crippen LogP contribution in [0, 0.1) is 0 Å². The summed E-state index contributed by atoms with van der Waals surface area (Å²) < 4.78 is 11.2. The Kier molecular flexibility index (Phi) is 3.84. The zero-order valence-electron chi connectivity index (χ0n) is 9.94. The smallest absolute Gasteiger partial charge is 0.133 e. The molecule has 4 heteroatoms. The molecule has 1 fully saturated rings. The number of ether oxygens (including phenoxy) is 2. The van der Waals surface area contributed by atoms with E-state index in [4.69, 9.17) is 27.4 Å². The van der Waals surface area contributed by atoms with E-state index >= 15 is 0 Å². The van der Waals surface area contributed by atoms with Gasteiger partial charge in [-0.25, -0.2) is 0 Å². The molecule has 1 aliphatic carbocycles. The second-order valence-electron chi connectivity index (χ2n) is 4.25. The van der Waals surface area contributed by atoms with Crippen LogP contribution in [0.25, 0.3) is 0 Å². The third-order valence-electron chi connectivity index (χ3n) is 3.05. The number of hydrogen-bond acceptors (Lipinski definition) is 3. The molecule has 1 saturated carbocycles. The van der Waals surface area contributed by atoms with Gasteiger partial charge in [0.15, 0.2) is 0 Å². The number of rotatable bonds is 4. The molecule has 1 aromatic carbocycles. The lowest BCUT2D eigenvalue weighted by molar-refractivity contribution is 0.209. The second kappa shape index (κ2) is 5.36. The van der Waals surface area contributed by atoms with Gasteiger partial charge in [0.25, 0.3) is 0 Å². The third kappa shape index (κ3) is 2.88. The highest BCUT2D eigenvalue weighted by Gasteiger charge is 2.19. The van der Waals surface area contributed by atoms with Gasteiger partial charge in [0.1, 0.15) is 16.5 Å². The molecule has 0 bridgehead atoms. The molecule has 1 aromatic rings. The minimum atomic E-state index is 0.287. The van der Waals surface area contributed by atoms with Gasteiger partial charge in [-0.1, -0.05) is 12.2 Å². The lowest BCUT2D eigenvalue weighted by Gasteiger charge is -2.16. The topological polar surface area (TPSA) is 44.5 Å². The lowest BCUT2D eigenvalue weighted by atomic mass is 10.2.